The van der Waals surface area contributed by atoms with Crippen molar-refractivity contribution in [1.82, 2.24) is 15.0 Å². The first-order valence-corrected chi connectivity index (χ1v) is 6.27. The SMILES string of the molecule is O=Cc1nnn(C2CCCC2)c1CC1CC1. The Balaban J connectivity index is 1.89. The summed E-state index contributed by atoms with van der Waals surface area (Å²) in [4.78, 5) is 10.9. The standard InChI is InChI=1S/C12H17N3O/c16-8-11-12(7-9-5-6-9)15(14-13-11)10-3-1-2-4-10/h8-10H,1-7H2. The van der Waals surface area contributed by atoms with Gasteiger partial charge in [0.1, 0.15) is 5.69 Å². The van der Waals surface area contributed by atoms with Crippen LogP contribution in [-0.2, 0) is 6.42 Å². The highest BCUT2D eigenvalue weighted by molar-refractivity contribution is 5.73. The highest BCUT2D eigenvalue weighted by Crippen LogP contribution is 2.35. The predicted molar refractivity (Wildman–Crippen MR) is 59.3 cm³/mol. The summed E-state index contributed by atoms with van der Waals surface area (Å²) < 4.78 is 2.04. The number of carbonyl (C=O) groups is 1. The Morgan fingerprint density at radius 3 is 2.62 bits per heavy atom. The Morgan fingerprint density at radius 2 is 2.00 bits per heavy atom. The quantitative estimate of drug-likeness (QED) is 0.729. The largest absolute Gasteiger partial charge is 0.296 e. The highest BCUT2D eigenvalue weighted by atomic mass is 16.1. The molecular weight excluding hydrogens is 202 g/mol. The van der Waals surface area contributed by atoms with Crippen molar-refractivity contribution in [3.63, 3.8) is 0 Å². The first-order valence-electron chi connectivity index (χ1n) is 6.27. The van der Waals surface area contributed by atoms with Crippen molar-refractivity contribution in [3.8, 4) is 0 Å². The normalized spacial score (nSPS) is 21.5. The second-order valence-electron chi connectivity index (χ2n) is 5.07. The van der Waals surface area contributed by atoms with E-state index in [-0.39, 0.29) is 0 Å². The van der Waals surface area contributed by atoms with Crippen LogP contribution in [0.3, 0.4) is 0 Å². The molecule has 0 unspecified atom stereocenters. The second kappa shape index (κ2) is 4.00. The van der Waals surface area contributed by atoms with Crippen LogP contribution >= 0.6 is 0 Å². The van der Waals surface area contributed by atoms with Gasteiger partial charge in [-0.05, 0) is 38.0 Å². The summed E-state index contributed by atoms with van der Waals surface area (Å²) in [5.74, 6) is 0.775. The molecule has 0 radical (unpaired) electrons. The molecule has 2 saturated carbocycles. The van der Waals surface area contributed by atoms with E-state index < -0.39 is 0 Å². The van der Waals surface area contributed by atoms with E-state index in [1.165, 1.54) is 38.5 Å². The van der Waals surface area contributed by atoms with Crippen LogP contribution < -0.4 is 0 Å². The Hall–Kier alpha value is -1.19. The van der Waals surface area contributed by atoms with E-state index in [1.807, 2.05) is 4.68 Å². The zero-order valence-electron chi connectivity index (χ0n) is 9.43. The van der Waals surface area contributed by atoms with Gasteiger partial charge in [0.15, 0.2) is 6.29 Å². The summed E-state index contributed by atoms with van der Waals surface area (Å²) >= 11 is 0. The zero-order chi connectivity index (χ0) is 11.0. The molecule has 86 valence electrons. The first kappa shape index (κ1) is 10.00. The molecule has 0 saturated heterocycles. The van der Waals surface area contributed by atoms with Crippen LogP contribution in [0.1, 0.15) is 60.7 Å². The molecule has 4 heteroatoms. The molecule has 3 rings (SSSR count). The van der Waals surface area contributed by atoms with Crippen LogP contribution in [0.25, 0.3) is 0 Å². The average molecular weight is 219 g/mol. The van der Waals surface area contributed by atoms with Gasteiger partial charge in [-0.2, -0.15) is 0 Å². The number of nitrogens with zero attached hydrogens (tertiary/aromatic N) is 3. The molecule has 1 heterocycles. The predicted octanol–water partition coefficient (Wildman–Crippen LogP) is 2.16. The molecule has 0 amide bonds. The smallest absolute Gasteiger partial charge is 0.172 e. The van der Waals surface area contributed by atoms with E-state index in [4.69, 9.17) is 0 Å². The van der Waals surface area contributed by atoms with Gasteiger partial charge >= 0.3 is 0 Å². The number of hydrogen-bond donors (Lipinski definition) is 0. The molecule has 1 aromatic rings. The molecule has 0 aliphatic heterocycles. The summed E-state index contributed by atoms with van der Waals surface area (Å²) in [6, 6.07) is 0.495. The summed E-state index contributed by atoms with van der Waals surface area (Å²) in [5.41, 5.74) is 1.66. The third kappa shape index (κ3) is 1.77. The maximum absolute atomic E-state index is 10.9. The molecule has 0 spiro atoms. The molecule has 16 heavy (non-hydrogen) atoms. The summed E-state index contributed by atoms with van der Waals surface area (Å²) in [5, 5.41) is 8.19. The first-order chi connectivity index (χ1) is 7.88. The average Bonchev–Trinajstić information content (AvgIpc) is 2.81. The maximum atomic E-state index is 10.9. The van der Waals surface area contributed by atoms with Crippen LogP contribution in [0.15, 0.2) is 0 Å². The lowest BCUT2D eigenvalue weighted by Gasteiger charge is -2.12. The Bertz CT molecular complexity index is 389. The highest BCUT2D eigenvalue weighted by Gasteiger charge is 2.28. The van der Waals surface area contributed by atoms with Crippen LogP contribution in [0.5, 0.6) is 0 Å². The lowest BCUT2D eigenvalue weighted by molar-refractivity contribution is 0.111. The van der Waals surface area contributed by atoms with Crippen molar-refractivity contribution in [2.45, 2.75) is 51.0 Å². The number of aldehydes is 1. The topological polar surface area (TPSA) is 47.8 Å². The molecule has 4 nitrogen and oxygen atoms in total. The van der Waals surface area contributed by atoms with Crippen molar-refractivity contribution < 1.29 is 4.79 Å². The van der Waals surface area contributed by atoms with Crippen molar-refractivity contribution in [2.75, 3.05) is 0 Å². The van der Waals surface area contributed by atoms with Gasteiger partial charge in [-0.25, -0.2) is 4.68 Å². The van der Waals surface area contributed by atoms with Gasteiger partial charge < -0.3 is 0 Å². The molecule has 0 atom stereocenters. The van der Waals surface area contributed by atoms with Gasteiger partial charge in [0.25, 0.3) is 0 Å². The Labute approximate surface area is 95.0 Å². The van der Waals surface area contributed by atoms with Crippen LogP contribution in [0, 0.1) is 5.92 Å². The third-order valence-corrected chi connectivity index (χ3v) is 3.78. The molecule has 0 aromatic carbocycles. The van der Waals surface area contributed by atoms with Gasteiger partial charge in [0, 0.05) is 0 Å². The van der Waals surface area contributed by atoms with E-state index in [0.29, 0.717) is 11.7 Å². The van der Waals surface area contributed by atoms with Gasteiger partial charge in [-0.3, -0.25) is 4.79 Å². The molecule has 2 aliphatic rings. The molecule has 2 aliphatic carbocycles. The second-order valence-corrected chi connectivity index (χ2v) is 5.07. The molecule has 0 N–H and O–H groups in total. The molecule has 1 aromatic heterocycles. The molecule has 0 bridgehead atoms. The minimum Gasteiger partial charge on any atom is -0.296 e. The monoisotopic (exact) mass is 219 g/mol. The van der Waals surface area contributed by atoms with E-state index in [2.05, 4.69) is 10.3 Å². The number of rotatable bonds is 4. The lowest BCUT2D eigenvalue weighted by Crippen LogP contribution is -2.12. The summed E-state index contributed by atoms with van der Waals surface area (Å²) in [6.45, 7) is 0. The summed E-state index contributed by atoms with van der Waals surface area (Å²) in [6.07, 6.45) is 9.41. The van der Waals surface area contributed by atoms with Crippen molar-refractivity contribution in [1.29, 1.82) is 0 Å². The fourth-order valence-corrected chi connectivity index (χ4v) is 2.65. The number of aromatic nitrogens is 3. The van der Waals surface area contributed by atoms with Crippen LogP contribution in [-0.4, -0.2) is 21.3 Å². The minimum absolute atomic E-state index is 0.495. The van der Waals surface area contributed by atoms with Crippen LogP contribution in [0.2, 0.25) is 0 Å². The number of hydrogen-bond acceptors (Lipinski definition) is 3. The van der Waals surface area contributed by atoms with E-state index in [9.17, 15) is 4.79 Å². The van der Waals surface area contributed by atoms with Gasteiger partial charge in [0.05, 0.1) is 11.7 Å². The van der Waals surface area contributed by atoms with Gasteiger partial charge in [-0.1, -0.05) is 18.1 Å². The van der Waals surface area contributed by atoms with Crippen molar-refractivity contribution in [3.05, 3.63) is 11.4 Å². The Kier molecular flexibility index (Phi) is 2.50. The fourth-order valence-electron chi connectivity index (χ4n) is 2.65. The van der Waals surface area contributed by atoms with Gasteiger partial charge in [0.2, 0.25) is 0 Å². The van der Waals surface area contributed by atoms with E-state index in [1.54, 1.807) is 0 Å². The van der Waals surface area contributed by atoms with Crippen molar-refractivity contribution >= 4 is 6.29 Å². The summed E-state index contributed by atoms with van der Waals surface area (Å²) in [7, 11) is 0. The maximum Gasteiger partial charge on any atom is 0.172 e. The third-order valence-electron chi connectivity index (χ3n) is 3.78. The fraction of sp³-hybridized carbons (Fsp3) is 0.750. The van der Waals surface area contributed by atoms with Gasteiger partial charge in [-0.15, -0.1) is 5.10 Å². The van der Waals surface area contributed by atoms with E-state index in [0.717, 1.165) is 24.3 Å². The van der Waals surface area contributed by atoms with Crippen LogP contribution in [0.4, 0.5) is 0 Å². The van der Waals surface area contributed by atoms with Crippen molar-refractivity contribution in [2.24, 2.45) is 5.92 Å². The lowest BCUT2D eigenvalue weighted by atomic mass is 10.1. The van der Waals surface area contributed by atoms with E-state index >= 15 is 0 Å². The molecular formula is C12H17N3O. The zero-order valence-corrected chi connectivity index (χ0v) is 9.43. The molecule has 2 fully saturated rings. The number of carbonyl (C=O) groups excluding carboxylic acids is 1. The Morgan fingerprint density at radius 1 is 1.25 bits per heavy atom. The minimum atomic E-state index is 0.495.